The number of benzene rings is 9. The summed E-state index contributed by atoms with van der Waals surface area (Å²) in [6.45, 7) is 9.49. The quantitative estimate of drug-likeness (QED) is 0.167. The Hall–Kier alpha value is -7.22. The molecule has 4 aliphatic rings. The van der Waals surface area contributed by atoms with Crippen molar-refractivity contribution in [2.75, 3.05) is 4.90 Å². The first kappa shape index (κ1) is 37.3. The van der Waals surface area contributed by atoms with E-state index in [4.69, 9.17) is 0 Å². The van der Waals surface area contributed by atoms with E-state index in [1.165, 1.54) is 106 Å². The van der Waals surface area contributed by atoms with E-state index in [2.05, 4.69) is 233 Å². The molecule has 1 atom stereocenters. The summed E-state index contributed by atoms with van der Waals surface area (Å²) < 4.78 is 0. The minimum atomic E-state index is -0.170. The zero-order valence-corrected chi connectivity index (χ0v) is 36.9. The molecule has 0 amide bonds. The first-order valence-electron chi connectivity index (χ1n) is 23.1. The van der Waals surface area contributed by atoms with Crippen LogP contribution in [0.15, 0.2) is 200 Å². The number of aryl methyl sites for hydroxylation is 1. The molecule has 0 aromatic heterocycles. The third-order valence-electron chi connectivity index (χ3n) is 15.7. The normalized spacial score (nSPS) is 17.2. The average molecular weight is 820 g/mol. The average Bonchev–Trinajstić information content (AvgIpc) is 4.01. The highest BCUT2D eigenvalue weighted by atomic mass is 15.1. The van der Waals surface area contributed by atoms with Crippen molar-refractivity contribution in [2.45, 2.75) is 56.8 Å². The number of rotatable bonds is 5. The van der Waals surface area contributed by atoms with Crippen LogP contribution in [0.4, 0.5) is 17.1 Å². The summed E-state index contributed by atoms with van der Waals surface area (Å²) in [5.74, 6) is 0. The SMILES string of the molecule is CC1(C)c2ccccc2-c2ccc(-c3ccc(N(c4ccc(-c5cccc6c5C(C)(C)c5ccccc5-6)cc4)c4ccc5c(c4)C4(CCc6ccccc64)c4ccccc4-5)cc3)cc21. The molecular weight excluding hydrogens is 771 g/mol. The maximum absolute atomic E-state index is 2.52. The number of hydrogen-bond donors (Lipinski definition) is 0. The van der Waals surface area contributed by atoms with Gasteiger partial charge in [-0.1, -0.05) is 185 Å². The maximum Gasteiger partial charge on any atom is 0.0470 e. The van der Waals surface area contributed by atoms with E-state index in [1.54, 1.807) is 0 Å². The molecule has 64 heavy (non-hydrogen) atoms. The van der Waals surface area contributed by atoms with Crippen LogP contribution < -0.4 is 4.90 Å². The van der Waals surface area contributed by atoms with E-state index in [0.717, 1.165) is 24.2 Å². The number of anilines is 3. The molecule has 0 heterocycles. The van der Waals surface area contributed by atoms with E-state index < -0.39 is 0 Å². The summed E-state index contributed by atoms with van der Waals surface area (Å²) in [7, 11) is 0. The molecule has 0 radical (unpaired) electrons. The molecule has 1 spiro atoms. The summed E-state index contributed by atoms with van der Waals surface area (Å²) in [4.78, 5) is 2.48. The Morgan fingerprint density at radius 2 is 0.812 bits per heavy atom. The van der Waals surface area contributed by atoms with Crippen LogP contribution in [0.25, 0.3) is 55.6 Å². The summed E-state index contributed by atoms with van der Waals surface area (Å²) in [5, 5.41) is 0. The summed E-state index contributed by atoms with van der Waals surface area (Å²) in [6, 6.07) is 75.9. The van der Waals surface area contributed by atoms with Crippen molar-refractivity contribution in [3.8, 4) is 55.6 Å². The van der Waals surface area contributed by atoms with Gasteiger partial charge in [0.15, 0.2) is 0 Å². The number of fused-ring (bicyclic) bond motifs is 13. The van der Waals surface area contributed by atoms with Crippen LogP contribution in [-0.4, -0.2) is 0 Å². The first-order valence-corrected chi connectivity index (χ1v) is 23.1. The van der Waals surface area contributed by atoms with Crippen LogP contribution in [0.5, 0.6) is 0 Å². The molecule has 13 rings (SSSR count). The lowest BCUT2D eigenvalue weighted by atomic mass is 9.73. The van der Waals surface area contributed by atoms with Gasteiger partial charge < -0.3 is 4.90 Å². The zero-order chi connectivity index (χ0) is 43.0. The molecular formula is C63H49N. The minimum Gasteiger partial charge on any atom is -0.310 e. The summed E-state index contributed by atoms with van der Waals surface area (Å²) >= 11 is 0. The van der Waals surface area contributed by atoms with Crippen molar-refractivity contribution in [1.29, 1.82) is 0 Å². The third kappa shape index (κ3) is 5.07. The molecule has 0 saturated heterocycles. The van der Waals surface area contributed by atoms with Crippen molar-refractivity contribution in [1.82, 2.24) is 0 Å². The third-order valence-corrected chi connectivity index (χ3v) is 15.7. The predicted molar refractivity (Wildman–Crippen MR) is 267 cm³/mol. The molecule has 0 fully saturated rings. The Morgan fingerprint density at radius 1 is 0.328 bits per heavy atom. The van der Waals surface area contributed by atoms with Gasteiger partial charge in [-0.15, -0.1) is 0 Å². The molecule has 9 aromatic rings. The first-order chi connectivity index (χ1) is 31.2. The van der Waals surface area contributed by atoms with Crippen molar-refractivity contribution in [3.63, 3.8) is 0 Å². The fourth-order valence-corrected chi connectivity index (χ4v) is 12.7. The lowest BCUT2D eigenvalue weighted by Crippen LogP contribution is -2.24. The van der Waals surface area contributed by atoms with Gasteiger partial charge in [0, 0.05) is 33.3 Å². The second-order valence-corrected chi connectivity index (χ2v) is 19.6. The Bertz CT molecular complexity index is 3380. The summed E-state index contributed by atoms with van der Waals surface area (Å²) in [6.07, 6.45) is 2.16. The van der Waals surface area contributed by atoms with Crippen LogP contribution >= 0.6 is 0 Å². The van der Waals surface area contributed by atoms with Crippen molar-refractivity contribution in [2.24, 2.45) is 0 Å². The van der Waals surface area contributed by atoms with Gasteiger partial charge >= 0.3 is 0 Å². The molecule has 0 saturated carbocycles. The standard InChI is InChI=1S/C63H49N/c1-61(2)55-21-10-6-15-48(55)51-34-28-43(38-58(51)61)40-24-29-44(30-25-40)64(45-31-26-41(27-32-45)47-18-13-19-53-50-17-7-11-22-56(50)62(3,4)60(47)53)46-33-35-52-49-16-8-12-23-57(49)63(59(52)39-46)37-36-42-14-5-9-20-54(42)63/h5-35,38-39H,36-37H2,1-4H3. The van der Waals surface area contributed by atoms with Crippen molar-refractivity contribution >= 4 is 17.1 Å². The topological polar surface area (TPSA) is 3.24 Å². The van der Waals surface area contributed by atoms with E-state index in [0.29, 0.717) is 0 Å². The lowest BCUT2D eigenvalue weighted by Gasteiger charge is -2.31. The molecule has 1 heteroatoms. The van der Waals surface area contributed by atoms with Gasteiger partial charge in [-0.25, -0.2) is 0 Å². The van der Waals surface area contributed by atoms with Gasteiger partial charge in [-0.3, -0.25) is 0 Å². The van der Waals surface area contributed by atoms with Gasteiger partial charge in [-0.05, 0) is 155 Å². The second kappa shape index (κ2) is 13.4. The highest BCUT2D eigenvalue weighted by Crippen LogP contribution is 2.59. The molecule has 9 aromatic carbocycles. The Balaban J connectivity index is 0.941. The molecule has 1 unspecified atom stereocenters. The number of nitrogens with zero attached hydrogens (tertiary/aromatic N) is 1. The van der Waals surface area contributed by atoms with Gasteiger partial charge in [-0.2, -0.15) is 0 Å². The van der Waals surface area contributed by atoms with E-state index >= 15 is 0 Å². The van der Waals surface area contributed by atoms with E-state index in [1.807, 2.05) is 0 Å². The van der Waals surface area contributed by atoms with Crippen LogP contribution in [0.2, 0.25) is 0 Å². The fraction of sp³-hybridized carbons (Fsp3) is 0.143. The molecule has 306 valence electrons. The smallest absolute Gasteiger partial charge is 0.0470 e. The van der Waals surface area contributed by atoms with Gasteiger partial charge in [0.05, 0.1) is 0 Å². The molecule has 1 nitrogen and oxygen atoms in total. The maximum atomic E-state index is 2.52. The van der Waals surface area contributed by atoms with Crippen molar-refractivity contribution in [3.05, 3.63) is 245 Å². The molecule has 0 aliphatic heterocycles. The van der Waals surface area contributed by atoms with Gasteiger partial charge in [0.2, 0.25) is 0 Å². The molecule has 4 aliphatic carbocycles. The van der Waals surface area contributed by atoms with E-state index in [-0.39, 0.29) is 16.2 Å². The van der Waals surface area contributed by atoms with Crippen LogP contribution in [0.3, 0.4) is 0 Å². The molecule has 0 N–H and O–H groups in total. The summed E-state index contributed by atoms with van der Waals surface area (Å²) in [5.41, 5.74) is 27.7. The fourth-order valence-electron chi connectivity index (χ4n) is 12.7. The van der Waals surface area contributed by atoms with Gasteiger partial charge in [0.25, 0.3) is 0 Å². The van der Waals surface area contributed by atoms with Crippen LogP contribution in [-0.2, 0) is 22.7 Å². The monoisotopic (exact) mass is 819 g/mol. The Kier molecular flexibility index (Phi) is 7.82. The Labute approximate surface area is 377 Å². The highest BCUT2D eigenvalue weighted by Gasteiger charge is 2.48. The van der Waals surface area contributed by atoms with Gasteiger partial charge in [0.1, 0.15) is 0 Å². The minimum absolute atomic E-state index is 0.0468. The second-order valence-electron chi connectivity index (χ2n) is 19.6. The highest BCUT2D eigenvalue weighted by molar-refractivity contribution is 5.91. The predicted octanol–water partition coefficient (Wildman–Crippen LogP) is 16.4. The Morgan fingerprint density at radius 3 is 1.53 bits per heavy atom. The zero-order valence-electron chi connectivity index (χ0n) is 36.9. The van der Waals surface area contributed by atoms with Crippen LogP contribution in [0.1, 0.15) is 78.6 Å². The lowest BCUT2D eigenvalue weighted by molar-refractivity contribution is 0.626. The van der Waals surface area contributed by atoms with E-state index in [9.17, 15) is 0 Å². The van der Waals surface area contributed by atoms with Crippen molar-refractivity contribution < 1.29 is 0 Å². The molecule has 0 bridgehead atoms. The van der Waals surface area contributed by atoms with Crippen LogP contribution in [0, 0.1) is 0 Å². The largest absolute Gasteiger partial charge is 0.310 e. The number of hydrogen-bond acceptors (Lipinski definition) is 1.